The van der Waals surface area contributed by atoms with Gasteiger partial charge in [-0.1, -0.05) is 19.9 Å². The lowest BCUT2D eigenvalue weighted by molar-refractivity contribution is -0.126. The van der Waals surface area contributed by atoms with Crippen molar-refractivity contribution < 1.29 is 9.59 Å². The maximum absolute atomic E-state index is 12.1. The van der Waals surface area contributed by atoms with Crippen LogP contribution in [0.1, 0.15) is 24.3 Å². The molecule has 1 fully saturated rings. The third-order valence-electron chi connectivity index (χ3n) is 3.47. The monoisotopic (exact) mass is 261 g/mol. The average molecular weight is 261 g/mol. The van der Waals surface area contributed by atoms with E-state index in [1.807, 2.05) is 13.8 Å². The topological polar surface area (TPSA) is 62.3 Å². The zero-order chi connectivity index (χ0) is 13.8. The molecule has 102 valence electrons. The van der Waals surface area contributed by atoms with Gasteiger partial charge in [-0.15, -0.1) is 0 Å². The molecule has 5 heteroatoms. The molecule has 0 saturated carbocycles. The highest BCUT2D eigenvalue weighted by Crippen LogP contribution is 2.14. The van der Waals surface area contributed by atoms with Crippen molar-refractivity contribution in [2.45, 2.75) is 19.9 Å². The first-order valence-corrected chi connectivity index (χ1v) is 6.58. The second-order valence-corrected chi connectivity index (χ2v) is 4.94. The lowest BCUT2D eigenvalue weighted by Crippen LogP contribution is -2.56. The second-order valence-electron chi connectivity index (χ2n) is 4.94. The minimum atomic E-state index is -0.405. The minimum absolute atomic E-state index is 0.0740. The third-order valence-corrected chi connectivity index (χ3v) is 3.47. The summed E-state index contributed by atoms with van der Waals surface area (Å²) < 4.78 is 0. The molecule has 1 aliphatic heterocycles. The Hall–Kier alpha value is -1.75. The summed E-state index contributed by atoms with van der Waals surface area (Å²) in [7, 11) is 0. The van der Waals surface area contributed by atoms with E-state index in [0.717, 1.165) is 13.1 Å². The molecular weight excluding hydrogens is 242 g/mol. The Kier molecular flexibility index (Phi) is 4.27. The Bertz CT molecular complexity index is 461. The van der Waals surface area contributed by atoms with Crippen LogP contribution in [0, 0.1) is 5.92 Å². The number of aromatic nitrogens is 1. The molecule has 0 aromatic carbocycles. The molecule has 1 N–H and O–H groups in total. The summed E-state index contributed by atoms with van der Waals surface area (Å²) in [6.45, 7) is 6.12. The van der Waals surface area contributed by atoms with Gasteiger partial charge >= 0.3 is 0 Å². The molecule has 1 aromatic rings. The summed E-state index contributed by atoms with van der Waals surface area (Å²) in [5.41, 5.74) is 0.348. The van der Waals surface area contributed by atoms with Crippen molar-refractivity contribution >= 4 is 11.7 Å². The maximum atomic E-state index is 12.1. The number of nitrogens with one attached hydrogen (secondary N) is 1. The number of likely N-dealkylation sites (N-methyl/N-ethyl adjacent to an activating group) is 1. The summed E-state index contributed by atoms with van der Waals surface area (Å²) in [6.07, 6.45) is 1.57. The van der Waals surface area contributed by atoms with E-state index in [4.69, 9.17) is 0 Å². The van der Waals surface area contributed by atoms with Gasteiger partial charge in [0.2, 0.25) is 0 Å². The van der Waals surface area contributed by atoms with Gasteiger partial charge in [0, 0.05) is 12.7 Å². The Morgan fingerprint density at radius 3 is 2.89 bits per heavy atom. The fourth-order valence-corrected chi connectivity index (χ4v) is 2.39. The number of likely N-dealkylation sites (tertiary alicyclic amines) is 1. The van der Waals surface area contributed by atoms with E-state index in [9.17, 15) is 9.59 Å². The van der Waals surface area contributed by atoms with Crippen LogP contribution in [0.25, 0.3) is 0 Å². The normalized spacial score (nSPS) is 24.2. The zero-order valence-corrected chi connectivity index (χ0v) is 11.3. The van der Waals surface area contributed by atoms with Crippen molar-refractivity contribution in [1.82, 2.24) is 15.2 Å². The minimum Gasteiger partial charge on any atom is -0.341 e. The van der Waals surface area contributed by atoms with Crippen molar-refractivity contribution in [3.05, 3.63) is 30.1 Å². The first-order chi connectivity index (χ1) is 9.11. The van der Waals surface area contributed by atoms with Gasteiger partial charge in [0.05, 0.1) is 12.6 Å². The fraction of sp³-hybridized carbons (Fsp3) is 0.500. The van der Waals surface area contributed by atoms with Gasteiger partial charge in [-0.3, -0.25) is 19.5 Å². The van der Waals surface area contributed by atoms with Crippen molar-refractivity contribution in [3.63, 3.8) is 0 Å². The Morgan fingerprint density at radius 1 is 1.53 bits per heavy atom. The summed E-state index contributed by atoms with van der Waals surface area (Å²) in [6, 6.07) is 4.75. The number of hydrogen-bond donors (Lipinski definition) is 1. The quantitative estimate of drug-likeness (QED) is 0.871. The predicted molar refractivity (Wildman–Crippen MR) is 71.8 cm³/mol. The number of piperidine rings is 1. The number of carbonyl (C=O) groups excluding carboxylic acids is 2. The van der Waals surface area contributed by atoms with Gasteiger partial charge < -0.3 is 5.32 Å². The van der Waals surface area contributed by atoms with Crippen LogP contribution in [-0.2, 0) is 4.79 Å². The molecule has 0 bridgehead atoms. The van der Waals surface area contributed by atoms with E-state index >= 15 is 0 Å². The SMILES string of the molecule is CCN1CC(=O)C(NC(=O)c2ccccn2)C(C)C1. The van der Waals surface area contributed by atoms with Crippen LogP contribution in [0.2, 0.25) is 0 Å². The number of hydrogen-bond acceptors (Lipinski definition) is 4. The lowest BCUT2D eigenvalue weighted by Gasteiger charge is -2.35. The number of amides is 1. The van der Waals surface area contributed by atoms with E-state index in [1.54, 1.807) is 24.4 Å². The molecule has 2 rings (SSSR count). The van der Waals surface area contributed by atoms with Crippen LogP contribution < -0.4 is 5.32 Å². The highest BCUT2D eigenvalue weighted by atomic mass is 16.2. The van der Waals surface area contributed by atoms with Crippen LogP contribution >= 0.6 is 0 Å². The molecular formula is C14H19N3O2. The molecule has 0 radical (unpaired) electrons. The van der Waals surface area contributed by atoms with Crippen LogP contribution in [-0.4, -0.2) is 47.3 Å². The molecule has 1 saturated heterocycles. The summed E-state index contributed by atoms with van der Waals surface area (Å²) in [4.78, 5) is 30.2. The molecule has 0 spiro atoms. The second kappa shape index (κ2) is 5.93. The van der Waals surface area contributed by atoms with Gasteiger partial charge in [0.15, 0.2) is 5.78 Å². The molecule has 2 unspecified atom stereocenters. The molecule has 19 heavy (non-hydrogen) atoms. The summed E-state index contributed by atoms with van der Waals surface area (Å²) >= 11 is 0. The first-order valence-electron chi connectivity index (χ1n) is 6.58. The third kappa shape index (κ3) is 3.17. The first kappa shape index (κ1) is 13.7. The molecule has 0 aliphatic carbocycles. The Morgan fingerprint density at radius 2 is 2.32 bits per heavy atom. The molecule has 2 atom stereocenters. The summed E-state index contributed by atoms with van der Waals surface area (Å²) in [5, 5.41) is 2.80. The number of carbonyl (C=O) groups is 2. The average Bonchev–Trinajstić information content (AvgIpc) is 2.43. The van der Waals surface area contributed by atoms with Gasteiger partial charge in [-0.05, 0) is 24.6 Å². The number of pyridine rings is 1. The maximum Gasteiger partial charge on any atom is 0.270 e. The number of rotatable bonds is 3. The standard InChI is InChI=1S/C14H19N3O2/c1-3-17-8-10(2)13(12(18)9-17)16-14(19)11-6-4-5-7-15-11/h4-7,10,13H,3,8-9H2,1-2H3,(H,16,19). The molecule has 1 aliphatic rings. The highest BCUT2D eigenvalue weighted by Gasteiger charge is 2.33. The summed E-state index contributed by atoms with van der Waals surface area (Å²) in [5.74, 6) is -0.0884. The van der Waals surface area contributed by atoms with Crippen molar-refractivity contribution in [3.8, 4) is 0 Å². The highest BCUT2D eigenvalue weighted by molar-refractivity contribution is 5.97. The molecule has 5 nitrogen and oxygen atoms in total. The van der Waals surface area contributed by atoms with Crippen LogP contribution in [0.3, 0.4) is 0 Å². The van der Waals surface area contributed by atoms with E-state index in [-0.39, 0.29) is 17.6 Å². The number of nitrogens with zero attached hydrogens (tertiary/aromatic N) is 2. The van der Waals surface area contributed by atoms with Crippen molar-refractivity contribution in [2.24, 2.45) is 5.92 Å². The van der Waals surface area contributed by atoms with Gasteiger partial charge in [-0.25, -0.2) is 0 Å². The predicted octanol–water partition coefficient (Wildman–Crippen LogP) is 0.721. The number of Topliss-reactive ketones (excluding diaryl/α,β-unsaturated/α-hetero) is 1. The van der Waals surface area contributed by atoms with E-state index < -0.39 is 6.04 Å². The fourth-order valence-electron chi connectivity index (χ4n) is 2.39. The van der Waals surface area contributed by atoms with E-state index in [2.05, 4.69) is 15.2 Å². The smallest absolute Gasteiger partial charge is 0.270 e. The molecule has 2 heterocycles. The molecule has 1 aromatic heterocycles. The van der Waals surface area contributed by atoms with Crippen molar-refractivity contribution in [2.75, 3.05) is 19.6 Å². The Balaban J connectivity index is 2.03. The van der Waals surface area contributed by atoms with E-state index in [0.29, 0.717) is 12.2 Å². The zero-order valence-electron chi connectivity index (χ0n) is 11.3. The van der Waals surface area contributed by atoms with Crippen molar-refractivity contribution in [1.29, 1.82) is 0 Å². The van der Waals surface area contributed by atoms with Crippen LogP contribution in [0.15, 0.2) is 24.4 Å². The van der Waals surface area contributed by atoms with Crippen LogP contribution in [0.5, 0.6) is 0 Å². The Labute approximate surface area is 113 Å². The lowest BCUT2D eigenvalue weighted by atomic mass is 9.92. The number of ketones is 1. The van der Waals surface area contributed by atoms with E-state index in [1.165, 1.54) is 0 Å². The van der Waals surface area contributed by atoms with Gasteiger partial charge in [-0.2, -0.15) is 0 Å². The van der Waals surface area contributed by atoms with Gasteiger partial charge in [0.1, 0.15) is 5.69 Å². The molecule has 1 amide bonds. The van der Waals surface area contributed by atoms with Gasteiger partial charge in [0.25, 0.3) is 5.91 Å². The van der Waals surface area contributed by atoms with Crippen LogP contribution in [0.4, 0.5) is 0 Å². The largest absolute Gasteiger partial charge is 0.341 e.